The number of nitrogens with zero attached hydrogens (tertiary/aromatic N) is 3. The van der Waals surface area contributed by atoms with Crippen LogP contribution in [0, 0.1) is 6.92 Å². The van der Waals surface area contributed by atoms with Crippen LogP contribution in [0.1, 0.15) is 42.3 Å². The summed E-state index contributed by atoms with van der Waals surface area (Å²) in [7, 11) is 0. The molecule has 0 saturated carbocycles. The van der Waals surface area contributed by atoms with E-state index < -0.39 is 0 Å². The molecule has 1 fully saturated rings. The van der Waals surface area contributed by atoms with Gasteiger partial charge < -0.3 is 15.5 Å². The van der Waals surface area contributed by atoms with Gasteiger partial charge in [-0.05, 0) is 62.1 Å². The van der Waals surface area contributed by atoms with E-state index in [2.05, 4.69) is 69.0 Å². The van der Waals surface area contributed by atoms with Gasteiger partial charge in [-0.3, -0.25) is 9.97 Å². The molecule has 3 aliphatic heterocycles. The minimum Gasteiger partial charge on any atom is -0.363 e. The van der Waals surface area contributed by atoms with Gasteiger partial charge in [0, 0.05) is 30.3 Å². The fourth-order valence-corrected chi connectivity index (χ4v) is 4.39. The van der Waals surface area contributed by atoms with Crippen LogP contribution >= 0.6 is 0 Å². The summed E-state index contributed by atoms with van der Waals surface area (Å²) in [5.74, 6) is 0. The standard InChI is InChI=1S/C23H25N5/c1-16-7-6-14-25-23(16)19-10-4-9-17(26-19)20-15-28-21(11-5-12-22(28)27-20)18-8-2-3-13-24-18/h2-3,5-8,11-15,17,19,22,26-27H,4,9-10H2,1H3. The summed E-state index contributed by atoms with van der Waals surface area (Å²) in [5.41, 5.74) is 5.81. The summed E-state index contributed by atoms with van der Waals surface area (Å²) in [5, 5.41) is 7.54. The van der Waals surface area contributed by atoms with Crippen LogP contribution in [0.15, 0.2) is 72.9 Å². The third kappa shape index (κ3) is 3.12. The highest BCUT2D eigenvalue weighted by Gasteiger charge is 2.33. The molecule has 5 nitrogen and oxygen atoms in total. The summed E-state index contributed by atoms with van der Waals surface area (Å²) in [6.45, 7) is 2.15. The normalized spacial score (nSPS) is 26.3. The first kappa shape index (κ1) is 17.2. The van der Waals surface area contributed by atoms with E-state index >= 15 is 0 Å². The Hall–Kier alpha value is -2.92. The molecule has 2 aromatic heterocycles. The molecule has 5 rings (SSSR count). The van der Waals surface area contributed by atoms with Crippen molar-refractivity contribution in [1.82, 2.24) is 25.5 Å². The summed E-state index contributed by atoms with van der Waals surface area (Å²) >= 11 is 0. The van der Waals surface area contributed by atoms with Gasteiger partial charge in [0.15, 0.2) is 0 Å². The molecule has 142 valence electrons. The lowest BCUT2D eigenvalue weighted by molar-refractivity contribution is 0.336. The van der Waals surface area contributed by atoms with Crippen molar-refractivity contribution in [3.63, 3.8) is 0 Å². The van der Waals surface area contributed by atoms with Gasteiger partial charge in [0.2, 0.25) is 0 Å². The number of hydrogen-bond donors (Lipinski definition) is 2. The van der Waals surface area contributed by atoms with Gasteiger partial charge >= 0.3 is 0 Å². The van der Waals surface area contributed by atoms with Crippen LogP contribution in [-0.2, 0) is 0 Å². The quantitative estimate of drug-likeness (QED) is 0.863. The smallest absolute Gasteiger partial charge is 0.123 e. The second kappa shape index (κ2) is 7.24. The Morgan fingerprint density at radius 2 is 1.93 bits per heavy atom. The lowest BCUT2D eigenvalue weighted by atomic mass is 9.93. The van der Waals surface area contributed by atoms with Crippen molar-refractivity contribution in [1.29, 1.82) is 0 Å². The lowest BCUT2D eigenvalue weighted by Crippen LogP contribution is -2.43. The van der Waals surface area contributed by atoms with E-state index in [-0.39, 0.29) is 6.17 Å². The molecule has 5 heterocycles. The SMILES string of the molecule is Cc1cccnc1C1CCCC(C2=CN3C(c4ccccn4)=CC=CC3N2)N1. The molecule has 1 saturated heterocycles. The average Bonchev–Trinajstić information content (AvgIpc) is 3.19. The number of pyridine rings is 2. The lowest BCUT2D eigenvalue weighted by Gasteiger charge is -2.32. The molecule has 0 spiro atoms. The minimum absolute atomic E-state index is 0.149. The first-order valence-electron chi connectivity index (χ1n) is 10.0. The fourth-order valence-electron chi connectivity index (χ4n) is 4.39. The van der Waals surface area contributed by atoms with Crippen molar-refractivity contribution in [3.05, 3.63) is 89.8 Å². The molecule has 3 aliphatic rings. The van der Waals surface area contributed by atoms with Crippen LogP contribution in [0.3, 0.4) is 0 Å². The van der Waals surface area contributed by atoms with Crippen LogP contribution < -0.4 is 10.6 Å². The molecule has 0 aromatic carbocycles. The predicted octanol–water partition coefficient (Wildman–Crippen LogP) is 3.65. The van der Waals surface area contributed by atoms with Crippen molar-refractivity contribution in [2.24, 2.45) is 0 Å². The number of fused-ring (bicyclic) bond motifs is 1. The number of aromatic nitrogens is 2. The van der Waals surface area contributed by atoms with Crippen molar-refractivity contribution in [2.75, 3.05) is 0 Å². The molecule has 28 heavy (non-hydrogen) atoms. The van der Waals surface area contributed by atoms with Crippen LogP contribution in [-0.4, -0.2) is 27.1 Å². The Bertz CT molecular complexity index is 946. The largest absolute Gasteiger partial charge is 0.363 e. The first-order chi connectivity index (χ1) is 13.8. The van der Waals surface area contributed by atoms with Crippen molar-refractivity contribution < 1.29 is 0 Å². The maximum Gasteiger partial charge on any atom is 0.123 e. The Balaban J connectivity index is 1.38. The zero-order valence-corrected chi connectivity index (χ0v) is 16.0. The third-order valence-electron chi connectivity index (χ3n) is 5.79. The summed E-state index contributed by atoms with van der Waals surface area (Å²) in [6, 6.07) is 10.8. The van der Waals surface area contributed by atoms with Gasteiger partial charge in [-0.25, -0.2) is 0 Å². The maximum atomic E-state index is 4.65. The second-order valence-corrected chi connectivity index (χ2v) is 7.64. The van der Waals surface area contributed by atoms with Gasteiger partial charge in [-0.1, -0.05) is 18.2 Å². The summed E-state index contributed by atoms with van der Waals surface area (Å²) < 4.78 is 0. The molecule has 5 heteroatoms. The van der Waals surface area contributed by atoms with E-state index in [1.54, 1.807) is 0 Å². The first-order valence-corrected chi connectivity index (χ1v) is 10.0. The van der Waals surface area contributed by atoms with Crippen molar-refractivity contribution >= 4 is 5.70 Å². The monoisotopic (exact) mass is 371 g/mol. The Morgan fingerprint density at radius 3 is 2.79 bits per heavy atom. The van der Waals surface area contributed by atoms with Gasteiger partial charge in [-0.2, -0.15) is 0 Å². The van der Waals surface area contributed by atoms with Crippen LogP contribution in [0.25, 0.3) is 5.70 Å². The molecule has 2 N–H and O–H groups in total. The number of piperidine rings is 1. The van der Waals surface area contributed by atoms with Gasteiger partial charge in [0.25, 0.3) is 0 Å². The van der Waals surface area contributed by atoms with Crippen molar-refractivity contribution in [3.8, 4) is 0 Å². The predicted molar refractivity (Wildman–Crippen MR) is 111 cm³/mol. The molecular formula is C23H25N5. The van der Waals surface area contributed by atoms with E-state index in [1.807, 2.05) is 30.6 Å². The highest BCUT2D eigenvalue weighted by Crippen LogP contribution is 2.33. The zero-order valence-electron chi connectivity index (χ0n) is 16.0. The van der Waals surface area contributed by atoms with Crippen LogP contribution in [0.5, 0.6) is 0 Å². The van der Waals surface area contributed by atoms with Gasteiger partial charge in [0.1, 0.15) is 6.17 Å². The number of allylic oxidation sites excluding steroid dienone is 2. The maximum absolute atomic E-state index is 4.65. The zero-order chi connectivity index (χ0) is 18.9. The fraction of sp³-hybridized carbons (Fsp3) is 0.304. The van der Waals surface area contributed by atoms with Gasteiger partial charge in [0.05, 0.1) is 23.1 Å². The molecule has 0 aliphatic carbocycles. The molecule has 3 unspecified atom stereocenters. The molecular weight excluding hydrogens is 346 g/mol. The molecule has 3 atom stereocenters. The Labute approximate surface area is 165 Å². The second-order valence-electron chi connectivity index (χ2n) is 7.64. The average molecular weight is 371 g/mol. The van der Waals surface area contributed by atoms with E-state index in [9.17, 15) is 0 Å². The Morgan fingerprint density at radius 1 is 1.04 bits per heavy atom. The minimum atomic E-state index is 0.149. The van der Waals surface area contributed by atoms with E-state index in [0.29, 0.717) is 12.1 Å². The number of aryl methyl sites for hydroxylation is 1. The Kier molecular flexibility index (Phi) is 4.45. The highest BCUT2D eigenvalue weighted by molar-refractivity contribution is 5.66. The molecule has 0 amide bonds. The van der Waals surface area contributed by atoms with E-state index in [4.69, 9.17) is 0 Å². The highest BCUT2D eigenvalue weighted by atomic mass is 15.3. The van der Waals surface area contributed by atoms with Crippen LogP contribution in [0.4, 0.5) is 0 Å². The van der Waals surface area contributed by atoms with Gasteiger partial charge in [-0.15, -0.1) is 0 Å². The third-order valence-corrected chi connectivity index (χ3v) is 5.79. The van der Waals surface area contributed by atoms with E-state index in [1.165, 1.54) is 23.4 Å². The number of nitrogens with one attached hydrogen (secondary N) is 2. The van der Waals surface area contributed by atoms with E-state index in [0.717, 1.165) is 24.2 Å². The van der Waals surface area contributed by atoms with Crippen molar-refractivity contribution in [2.45, 2.75) is 44.4 Å². The number of rotatable bonds is 3. The van der Waals surface area contributed by atoms with Crippen LogP contribution in [0.2, 0.25) is 0 Å². The molecule has 2 aromatic rings. The molecule has 0 radical (unpaired) electrons. The summed E-state index contributed by atoms with van der Waals surface area (Å²) in [4.78, 5) is 11.5. The molecule has 0 bridgehead atoms. The number of hydrogen-bond acceptors (Lipinski definition) is 5. The summed E-state index contributed by atoms with van der Waals surface area (Å²) in [6.07, 6.45) is 16.0. The topological polar surface area (TPSA) is 53.1 Å².